The molecule has 8 aromatic rings. The van der Waals surface area contributed by atoms with Gasteiger partial charge in [0.2, 0.25) is 5.91 Å². The number of fused-ring (bicyclic) bond motifs is 7. The maximum atomic E-state index is 13.5. The molecule has 16 heteroatoms. The van der Waals surface area contributed by atoms with Crippen molar-refractivity contribution in [1.29, 1.82) is 0 Å². The van der Waals surface area contributed by atoms with Gasteiger partial charge in [0.15, 0.2) is 5.75 Å². The molecular formula is C66H65N7O8S. The van der Waals surface area contributed by atoms with Crippen LogP contribution in [0.2, 0.25) is 0 Å². The van der Waals surface area contributed by atoms with Crippen molar-refractivity contribution >= 4 is 62.4 Å². The minimum absolute atomic E-state index is 0.00190. The predicted molar refractivity (Wildman–Crippen MR) is 319 cm³/mol. The number of carbonyl (C=O) groups is 4. The van der Waals surface area contributed by atoms with Crippen LogP contribution in [0.3, 0.4) is 0 Å². The number of carbonyl (C=O) groups excluding carboxylic acids is 4. The number of nitrogens with one attached hydrogen (secondary N) is 4. The first-order valence-electron chi connectivity index (χ1n) is 28.3. The number of aryl methyl sites for hydroxylation is 2. The number of rotatable bonds is 19. The minimum Gasteiger partial charge on any atom is -0.491 e. The molecule has 3 heterocycles. The first-order chi connectivity index (χ1) is 40.1. The minimum atomic E-state index is -0.507. The lowest BCUT2D eigenvalue weighted by Gasteiger charge is -2.39. The fourth-order valence-corrected chi connectivity index (χ4v) is 13.3. The van der Waals surface area contributed by atoms with Gasteiger partial charge in [0, 0.05) is 66.4 Å². The Morgan fingerprint density at radius 3 is 2.21 bits per heavy atom. The molecule has 1 saturated heterocycles. The summed E-state index contributed by atoms with van der Waals surface area (Å²) >= 11 is 1.35. The van der Waals surface area contributed by atoms with Gasteiger partial charge in [-0.2, -0.15) is 0 Å². The fourth-order valence-electron chi connectivity index (χ4n) is 12.3. The highest BCUT2D eigenvalue weighted by molar-refractivity contribution is 7.21. The fraction of sp³-hybridized carbons (Fsp3) is 0.288. The number of aromatic nitrogens is 1. The first kappa shape index (κ1) is 53.9. The van der Waals surface area contributed by atoms with E-state index in [0.29, 0.717) is 77.3 Å². The third kappa shape index (κ3) is 11.9. The van der Waals surface area contributed by atoms with E-state index in [1.54, 1.807) is 48.5 Å². The number of thiophene rings is 1. The van der Waals surface area contributed by atoms with E-state index in [0.717, 1.165) is 77.8 Å². The van der Waals surface area contributed by atoms with Gasteiger partial charge in [0.1, 0.15) is 34.4 Å². The third-order valence-electron chi connectivity index (χ3n) is 16.4. The molecule has 4 amide bonds. The van der Waals surface area contributed by atoms with E-state index in [9.17, 15) is 19.2 Å². The second-order valence-corrected chi connectivity index (χ2v) is 22.7. The van der Waals surface area contributed by atoms with Crippen LogP contribution in [0.1, 0.15) is 78.7 Å². The molecule has 1 aliphatic heterocycles. The normalized spacial score (nSPS) is 17.7. The summed E-state index contributed by atoms with van der Waals surface area (Å²) in [5, 5.41) is 13.0. The maximum Gasteiger partial charge on any atom is 0.407 e. The Morgan fingerprint density at radius 1 is 0.720 bits per heavy atom. The number of nitrogens with two attached hydrogens (primary N) is 1. The Kier molecular flexibility index (Phi) is 15.9. The number of ether oxygens (including phenoxy) is 4. The zero-order valence-electron chi connectivity index (χ0n) is 45.7. The average Bonchev–Trinajstić information content (AvgIpc) is 4.17. The average molecular weight is 1120 g/mol. The Hall–Kier alpha value is -8.73. The quantitative estimate of drug-likeness (QED) is 0.0484. The van der Waals surface area contributed by atoms with Crippen LogP contribution < -0.4 is 41.4 Å². The van der Waals surface area contributed by atoms with Gasteiger partial charge in [-0.25, -0.2) is 9.78 Å². The zero-order chi connectivity index (χ0) is 56.1. The second-order valence-electron chi connectivity index (χ2n) is 21.7. The molecule has 1 unspecified atom stereocenters. The summed E-state index contributed by atoms with van der Waals surface area (Å²) < 4.78 is 23.6. The summed E-state index contributed by atoms with van der Waals surface area (Å²) in [6, 6.07) is 48.6. The van der Waals surface area contributed by atoms with E-state index in [2.05, 4.69) is 73.6 Å². The van der Waals surface area contributed by atoms with Gasteiger partial charge in [-0.3, -0.25) is 14.4 Å². The summed E-state index contributed by atoms with van der Waals surface area (Å²) in [5.74, 6) is 1.94. The van der Waals surface area contributed by atoms with E-state index in [4.69, 9.17) is 24.7 Å². The van der Waals surface area contributed by atoms with Gasteiger partial charge < -0.3 is 50.8 Å². The van der Waals surface area contributed by atoms with Gasteiger partial charge in [-0.1, -0.05) is 78.9 Å². The number of amides is 4. The number of pyridine rings is 1. The monoisotopic (exact) mass is 1120 g/mol. The van der Waals surface area contributed by atoms with Crippen LogP contribution >= 0.6 is 11.3 Å². The number of hydrogen-bond donors (Lipinski definition) is 5. The van der Waals surface area contributed by atoms with Crippen molar-refractivity contribution in [3.63, 3.8) is 0 Å². The Labute approximate surface area is 480 Å². The molecule has 2 aromatic heterocycles. The Balaban J connectivity index is 0.533. The number of hydrogen-bond acceptors (Lipinski definition) is 12. The number of anilines is 3. The highest BCUT2D eigenvalue weighted by Gasteiger charge is 2.46. The SMILES string of the molecule is Cc1ccc2c(N)c(C(=O)N[C@H]3CCc4cc(N5C[C@H]6CC[C@@H](C5)C6C(=O)NCCOCCOc5ccc(Oc6ccccc6NC(=O)c6ccc(CNC(=O)OCC7c8ccccc8-c8ccccc87)cc6)cc5)ccc4C3)sc2n1. The van der Waals surface area contributed by atoms with Gasteiger partial charge in [-0.15, -0.1) is 11.3 Å². The molecule has 2 bridgehead atoms. The van der Waals surface area contributed by atoms with Crippen molar-refractivity contribution in [2.75, 3.05) is 62.0 Å². The molecule has 12 rings (SSSR count). The Morgan fingerprint density at radius 2 is 1.44 bits per heavy atom. The maximum absolute atomic E-state index is 13.5. The largest absolute Gasteiger partial charge is 0.491 e. The summed E-state index contributed by atoms with van der Waals surface area (Å²) in [4.78, 5) is 61.4. The number of alkyl carbamates (subject to hydrolysis) is 1. The smallest absolute Gasteiger partial charge is 0.407 e. The molecule has 0 radical (unpaired) electrons. The van der Waals surface area contributed by atoms with Crippen LogP contribution in [0, 0.1) is 24.7 Å². The molecule has 15 nitrogen and oxygen atoms in total. The van der Waals surface area contributed by atoms with Crippen LogP contribution in [0.15, 0.2) is 152 Å². The van der Waals surface area contributed by atoms with Crippen LogP contribution in [-0.4, -0.2) is 80.9 Å². The molecule has 3 aliphatic carbocycles. The number of nitrogen functional groups attached to an aromatic ring is 1. The van der Waals surface area contributed by atoms with Crippen molar-refractivity contribution in [3.05, 3.63) is 196 Å². The number of piperidine rings is 1. The zero-order valence-corrected chi connectivity index (χ0v) is 46.5. The first-order valence-corrected chi connectivity index (χ1v) is 29.1. The molecule has 4 atom stereocenters. The number of benzene rings is 6. The molecule has 4 aliphatic rings. The standard InChI is InChI=1S/C66H65N7O8S/c1-40-14-29-55-60(67)61(82-65(55)70-40)64(76)71-47-23-21-44-35-48(24-22-43(44)34-47)73-37-45-19-20-46(38-73)59(45)63(75)68-30-31-78-32-33-79-49-25-27-50(28-26-49)81-58-13-7-6-12-57(58)72-62(74)42-17-15-41(16-18-42)36-69-66(77)80-39-56-53-10-4-2-8-51(53)52-9-3-5-11-54(52)56/h2-18,22,24-29,35,45-47,56,59H,19-21,23,30-34,36-39,67H2,1H3,(H,68,75)(H,69,77)(H,71,76)(H,72,74)/t45-,46+,47-,59?/m0/s1. The van der Waals surface area contributed by atoms with E-state index in [1.165, 1.54) is 39.3 Å². The second kappa shape index (κ2) is 24.2. The Bertz CT molecular complexity index is 3600. The molecular weight excluding hydrogens is 1050 g/mol. The van der Waals surface area contributed by atoms with Gasteiger partial charge in [0.05, 0.1) is 24.6 Å². The lowest BCUT2D eigenvalue weighted by molar-refractivity contribution is -0.128. The molecule has 418 valence electrons. The van der Waals surface area contributed by atoms with Crippen LogP contribution in [-0.2, 0) is 33.7 Å². The van der Waals surface area contributed by atoms with Crippen LogP contribution in [0.5, 0.6) is 17.2 Å². The van der Waals surface area contributed by atoms with Crippen molar-refractivity contribution in [2.45, 2.75) is 57.5 Å². The summed E-state index contributed by atoms with van der Waals surface area (Å²) in [7, 11) is 0. The van der Waals surface area contributed by atoms with Gasteiger partial charge in [0.25, 0.3) is 11.8 Å². The number of para-hydroxylation sites is 2. The lowest BCUT2D eigenvalue weighted by Crippen LogP contribution is -2.48. The van der Waals surface area contributed by atoms with E-state index in [-0.39, 0.29) is 48.8 Å². The highest BCUT2D eigenvalue weighted by Crippen LogP contribution is 2.46. The molecule has 2 fully saturated rings. The number of nitrogens with zero attached hydrogens (tertiary/aromatic N) is 2. The van der Waals surface area contributed by atoms with Crippen molar-refractivity contribution in [1.82, 2.24) is 20.9 Å². The summed E-state index contributed by atoms with van der Waals surface area (Å²) in [6.07, 6.45) is 4.11. The molecule has 82 heavy (non-hydrogen) atoms. The van der Waals surface area contributed by atoms with Crippen molar-refractivity contribution < 1.29 is 38.1 Å². The van der Waals surface area contributed by atoms with Gasteiger partial charge >= 0.3 is 6.09 Å². The molecule has 1 saturated carbocycles. The van der Waals surface area contributed by atoms with Crippen LogP contribution in [0.4, 0.5) is 21.9 Å². The van der Waals surface area contributed by atoms with E-state index < -0.39 is 6.09 Å². The van der Waals surface area contributed by atoms with E-state index in [1.807, 2.05) is 67.6 Å². The third-order valence-corrected chi connectivity index (χ3v) is 17.5. The summed E-state index contributed by atoms with van der Waals surface area (Å²) in [5.41, 5.74) is 18.0. The molecule has 6 N–H and O–H groups in total. The van der Waals surface area contributed by atoms with Crippen molar-refractivity contribution in [2.24, 2.45) is 17.8 Å². The molecule has 0 spiro atoms. The van der Waals surface area contributed by atoms with E-state index >= 15 is 0 Å². The lowest BCUT2D eigenvalue weighted by atomic mass is 9.83. The van der Waals surface area contributed by atoms with Crippen LogP contribution in [0.25, 0.3) is 21.3 Å². The molecule has 6 aromatic carbocycles. The highest BCUT2D eigenvalue weighted by atomic mass is 32.1. The summed E-state index contributed by atoms with van der Waals surface area (Å²) in [6.45, 7) is 5.65. The van der Waals surface area contributed by atoms with Gasteiger partial charge in [-0.05, 0) is 163 Å². The van der Waals surface area contributed by atoms with Crippen molar-refractivity contribution in [3.8, 4) is 28.4 Å². The predicted octanol–water partition coefficient (Wildman–Crippen LogP) is 11.2. The topological polar surface area (TPSA) is 195 Å².